The first-order chi connectivity index (χ1) is 55.0. The molecule has 672 valence electrons. The van der Waals surface area contributed by atoms with Crippen LogP contribution in [0.3, 0.4) is 0 Å². The van der Waals surface area contributed by atoms with Crippen LogP contribution in [0.25, 0.3) is 0 Å². The highest BCUT2D eigenvalue weighted by Crippen LogP contribution is 2.45. The second-order valence-electron chi connectivity index (χ2n) is 34.2. The van der Waals surface area contributed by atoms with Crippen LogP contribution < -0.4 is 0 Å². The zero-order chi connectivity index (χ0) is 82.6. The number of hydrogen-bond donors (Lipinski definition) is 3. The molecule has 2 unspecified atom stereocenters. The van der Waals surface area contributed by atoms with Gasteiger partial charge < -0.3 is 33.8 Å². The van der Waals surface area contributed by atoms with Gasteiger partial charge in [0.2, 0.25) is 0 Å². The second-order valence-corrected chi connectivity index (χ2v) is 37.1. The highest BCUT2D eigenvalue weighted by atomic mass is 31.2. The molecule has 0 radical (unpaired) electrons. The number of phosphoric acid groups is 2. The smallest absolute Gasteiger partial charge is 0.462 e. The molecule has 113 heavy (non-hydrogen) atoms. The van der Waals surface area contributed by atoms with Gasteiger partial charge in [-0.15, -0.1) is 0 Å². The molecule has 19 heteroatoms. The first-order valence-corrected chi connectivity index (χ1v) is 51.6. The summed E-state index contributed by atoms with van der Waals surface area (Å²) in [7, 11) is -9.94. The Balaban J connectivity index is 5.17. The van der Waals surface area contributed by atoms with E-state index in [9.17, 15) is 43.2 Å². The van der Waals surface area contributed by atoms with E-state index in [1.54, 1.807) is 0 Å². The Kier molecular flexibility index (Phi) is 85.0. The topological polar surface area (TPSA) is 237 Å². The van der Waals surface area contributed by atoms with Crippen LogP contribution in [-0.2, 0) is 65.4 Å². The minimum absolute atomic E-state index is 0.108. The predicted octanol–water partition coefficient (Wildman–Crippen LogP) is 29.5. The van der Waals surface area contributed by atoms with Crippen LogP contribution in [0.2, 0.25) is 0 Å². The summed E-state index contributed by atoms with van der Waals surface area (Å²) in [6, 6.07) is 0. The van der Waals surface area contributed by atoms with Crippen LogP contribution in [0.4, 0.5) is 0 Å². The molecule has 0 spiro atoms. The number of aliphatic hydroxyl groups excluding tert-OH is 1. The Bertz CT molecular complexity index is 2140. The molecule has 0 aliphatic carbocycles. The number of esters is 4. The maximum Gasteiger partial charge on any atom is 0.472 e. The molecule has 0 bridgehead atoms. The van der Waals surface area contributed by atoms with Crippen molar-refractivity contribution in [3.05, 3.63) is 0 Å². The van der Waals surface area contributed by atoms with E-state index in [4.69, 9.17) is 37.0 Å². The quantitative estimate of drug-likeness (QED) is 0.0222. The lowest BCUT2D eigenvalue weighted by Gasteiger charge is -2.21. The van der Waals surface area contributed by atoms with Crippen molar-refractivity contribution in [1.82, 2.24) is 0 Å². The van der Waals surface area contributed by atoms with Crippen molar-refractivity contribution in [3.8, 4) is 0 Å². The summed E-state index contributed by atoms with van der Waals surface area (Å²) >= 11 is 0. The average molecular weight is 1650 g/mol. The minimum atomic E-state index is -4.97. The van der Waals surface area contributed by atoms with Crippen molar-refractivity contribution in [2.45, 2.75) is 534 Å². The maximum absolute atomic E-state index is 13.2. The maximum atomic E-state index is 13.2. The summed E-state index contributed by atoms with van der Waals surface area (Å²) in [5.74, 6) is -1.42. The molecule has 0 saturated heterocycles. The van der Waals surface area contributed by atoms with Crippen LogP contribution >= 0.6 is 15.6 Å². The van der Waals surface area contributed by atoms with Crippen molar-refractivity contribution < 1.29 is 80.2 Å². The van der Waals surface area contributed by atoms with Gasteiger partial charge in [-0.25, -0.2) is 9.13 Å². The van der Waals surface area contributed by atoms with E-state index in [-0.39, 0.29) is 25.7 Å². The average Bonchev–Trinajstić information content (AvgIpc) is 0.894. The summed E-state index contributed by atoms with van der Waals surface area (Å²) in [5.41, 5.74) is 0. The number of unbranched alkanes of at least 4 members (excludes halogenated alkanes) is 66. The zero-order valence-corrected chi connectivity index (χ0v) is 76.3. The van der Waals surface area contributed by atoms with Gasteiger partial charge >= 0.3 is 39.5 Å². The van der Waals surface area contributed by atoms with Crippen molar-refractivity contribution in [3.63, 3.8) is 0 Å². The van der Waals surface area contributed by atoms with Crippen LogP contribution in [0.5, 0.6) is 0 Å². The number of ether oxygens (including phenoxy) is 4. The molecule has 0 aromatic carbocycles. The zero-order valence-electron chi connectivity index (χ0n) is 74.5. The van der Waals surface area contributed by atoms with E-state index < -0.39 is 97.5 Å². The van der Waals surface area contributed by atoms with Gasteiger partial charge in [0.05, 0.1) is 26.4 Å². The summed E-state index contributed by atoms with van der Waals surface area (Å²) in [6.45, 7) is 7.32. The third kappa shape index (κ3) is 87.7. The van der Waals surface area contributed by atoms with Gasteiger partial charge in [-0.2, -0.15) is 0 Å². The molecular formula is C94H184O17P2. The Morgan fingerprint density at radius 1 is 0.239 bits per heavy atom. The molecule has 0 fully saturated rings. The van der Waals surface area contributed by atoms with Gasteiger partial charge in [0.25, 0.3) is 0 Å². The van der Waals surface area contributed by atoms with Gasteiger partial charge in [-0.3, -0.25) is 37.3 Å². The molecule has 0 aromatic heterocycles. The van der Waals surface area contributed by atoms with Crippen LogP contribution in [-0.4, -0.2) is 96.7 Å². The predicted molar refractivity (Wildman–Crippen MR) is 469 cm³/mol. The second kappa shape index (κ2) is 86.4. The fourth-order valence-corrected chi connectivity index (χ4v) is 16.5. The number of hydrogen-bond acceptors (Lipinski definition) is 15. The van der Waals surface area contributed by atoms with Crippen molar-refractivity contribution in [1.29, 1.82) is 0 Å². The van der Waals surface area contributed by atoms with E-state index in [0.29, 0.717) is 31.6 Å². The summed E-state index contributed by atoms with van der Waals surface area (Å²) in [5, 5.41) is 10.7. The van der Waals surface area contributed by atoms with Gasteiger partial charge in [0.1, 0.15) is 19.3 Å². The highest BCUT2D eigenvalue weighted by molar-refractivity contribution is 7.47. The van der Waals surface area contributed by atoms with Gasteiger partial charge in [-0.05, 0) is 31.6 Å². The molecule has 0 rings (SSSR count). The van der Waals surface area contributed by atoms with Gasteiger partial charge in [0, 0.05) is 25.7 Å². The number of phosphoric ester groups is 2. The minimum Gasteiger partial charge on any atom is -0.462 e. The fourth-order valence-electron chi connectivity index (χ4n) is 14.9. The Hall–Kier alpha value is -1.94. The molecule has 17 nitrogen and oxygen atoms in total. The first-order valence-electron chi connectivity index (χ1n) is 48.6. The molecule has 0 saturated carbocycles. The summed E-state index contributed by atoms with van der Waals surface area (Å²) < 4.78 is 69.1. The number of carbonyl (C=O) groups excluding carboxylic acids is 4. The molecule has 3 N–H and O–H groups in total. The van der Waals surface area contributed by atoms with E-state index in [1.807, 2.05) is 0 Å². The molecule has 5 atom stereocenters. The molecule has 0 aromatic rings. The Morgan fingerprint density at radius 2 is 0.407 bits per heavy atom. The molecule has 0 aliphatic rings. The normalized spacial score (nSPS) is 13.6. The van der Waals surface area contributed by atoms with E-state index in [1.165, 1.54) is 334 Å². The Morgan fingerprint density at radius 3 is 0.602 bits per heavy atom. The summed E-state index contributed by atoms with van der Waals surface area (Å²) in [4.78, 5) is 73.4. The first kappa shape index (κ1) is 111. The molecular weight excluding hydrogens is 1460 g/mol. The third-order valence-electron chi connectivity index (χ3n) is 22.3. The SMILES string of the molecule is CCCCCCCCCCCCCCCCCCCCCCCCC(=O)O[C@H](COC(=O)CCCCCCCCCCCCCCCCCCCCCCC)COP(=O)(O)OC[C@@H](O)COP(=O)(O)OC[C@@H](COC(=O)CCCCCCCCC(C)C)OC(=O)CCCCCCCCCCCCCCCCCCCCCCC. The monoisotopic (exact) mass is 1650 g/mol. The van der Waals surface area contributed by atoms with Crippen LogP contribution in [0.15, 0.2) is 0 Å². The lowest BCUT2D eigenvalue weighted by molar-refractivity contribution is -0.161. The lowest BCUT2D eigenvalue weighted by atomic mass is 10.0. The van der Waals surface area contributed by atoms with E-state index in [2.05, 4.69) is 34.6 Å². The summed E-state index contributed by atoms with van der Waals surface area (Å²) in [6.07, 6.45) is 83.9. The molecule has 0 aliphatic heterocycles. The van der Waals surface area contributed by atoms with Crippen molar-refractivity contribution >= 4 is 39.5 Å². The van der Waals surface area contributed by atoms with Crippen LogP contribution in [0.1, 0.15) is 516 Å². The molecule has 0 amide bonds. The third-order valence-corrected chi connectivity index (χ3v) is 24.2. The Labute approximate surface area is 696 Å². The standard InChI is InChI=1S/C94H184O17P2/c1-6-9-12-15-18-21-24-27-30-33-36-39-42-45-48-51-54-57-60-62-69-74-79-93(98)110-89(83-104-91(96)77-72-67-61-58-55-52-49-46-43-40-37-34-31-28-25-22-19-16-13-10-7-2)85-108-112(100,101)106-81-88(95)82-107-113(102,103)109-86-90(84-105-92(97)78-73-68-65-64-66-71-76-87(4)5)111-94(99)80-75-70-63-59-56-53-50-47-44-41-38-35-32-29-26-23-20-17-14-11-8-3/h87-90,95H,6-86H2,1-5H3,(H,100,101)(H,102,103)/t88-,89-,90-/m1/s1. The number of carbonyl (C=O) groups is 4. The van der Waals surface area contributed by atoms with Gasteiger partial charge in [0.15, 0.2) is 12.2 Å². The van der Waals surface area contributed by atoms with Crippen molar-refractivity contribution in [2.75, 3.05) is 39.6 Å². The highest BCUT2D eigenvalue weighted by Gasteiger charge is 2.31. The number of rotatable bonds is 94. The van der Waals surface area contributed by atoms with Crippen LogP contribution in [0, 0.1) is 5.92 Å². The number of aliphatic hydroxyl groups is 1. The molecule has 0 heterocycles. The van der Waals surface area contributed by atoms with E-state index in [0.717, 1.165) is 96.3 Å². The largest absolute Gasteiger partial charge is 0.472 e. The van der Waals surface area contributed by atoms with Gasteiger partial charge in [-0.1, -0.05) is 465 Å². The van der Waals surface area contributed by atoms with Crippen molar-refractivity contribution in [2.24, 2.45) is 5.92 Å². The fraction of sp³-hybridized carbons (Fsp3) is 0.957. The lowest BCUT2D eigenvalue weighted by Crippen LogP contribution is -2.30. The van der Waals surface area contributed by atoms with E-state index >= 15 is 0 Å².